The molecule has 2 aliphatic heterocycles. The van der Waals surface area contributed by atoms with Gasteiger partial charge in [0, 0.05) is 43.1 Å². The summed E-state index contributed by atoms with van der Waals surface area (Å²) in [6.07, 6.45) is 2.08. The minimum atomic E-state index is -0.567. The van der Waals surface area contributed by atoms with Gasteiger partial charge in [-0.05, 0) is 36.6 Å². The highest BCUT2D eigenvalue weighted by atomic mass is 127. The van der Waals surface area contributed by atoms with Gasteiger partial charge >= 0.3 is 0 Å². The Labute approximate surface area is 176 Å². The second-order valence-electron chi connectivity index (χ2n) is 6.65. The summed E-state index contributed by atoms with van der Waals surface area (Å²) >= 11 is 3.77. The first-order valence-electron chi connectivity index (χ1n) is 8.62. The van der Waals surface area contributed by atoms with Crippen LogP contribution in [0.1, 0.15) is 12.8 Å². The standard InChI is InChI=1S/C18H27N3OS2.HI/c1-19-17(20-13-18(22)8-10-23-14-18)21-9-7-15(11-21)12-24-16-5-3-2-4-6-16;/h2-6,15,22H,7-14H2,1H3,(H,19,20);1H. The molecule has 7 heteroatoms. The topological polar surface area (TPSA) is 47.9 Å². The second-order valence-corrected chi connectivity index (χ2v) is 8.85. The van der Waals surface area contributed by atoms with Crippen LogP contribution in [-0.2, 0) is 0 Å². The van der Waals surface area contributed by atoms with Crippen molar-refractivity contribution in [2.24, 2.45) is 10.9 Å². The summed E-state index contributed by atoms with van der Waals surface area (Å²) in [5.41, 5.74) is -0.567. The van der Waals surface area contributed by atoms with Gasteiger partial charge in [0.15, 0.2) is 5.96 Å². The van der Waals surface area contributed by atoms with Crippen LogP contribution >= 0.6 is 47.5 Å². The lowest BCUT2D eigenvalue weighted by Crippen LogP contribution is -2.48. The summed E-state index contributed by atoms with van der Waals surface area (Å²) in [7, 11) is 1.84. The summed E-state index contributed by atoms with van der Waals surface area (Å²) in [5, 5.41) is 13.9. The first-order valence-corrected chi connectivity index (χ1v) is 10.8. The first-order chi connectivity index (χ1) is 11.7. The van der Waals surface area contributed by atoms with Crippen LogP contribution in [-0.4, -0.2) is 65.5 Å². The molecule has 2 N–H and O–H groups in total. The van der Waals surface area contributed by atoms with E-state index in [2.05, 4.69) is 45.5 Å². The zero-order chi connectivity index (χ0) is 16.8. The molecule has 0 saturated carbocycles. The summed E-state index contributed by atoms with van der Waals surface area (Å²) < 4.78 is 0. The third kappa shape index (κ3) is 6.22. The molecule has 0 spiro atoms. The van der Waals surface area contributed by atoms with E-state index in [4.69, 9.17) is 0 Å². The van der Waals surface area contributed by atoms with Crippen LogP contribution in [0, 0.1) is 5.92 Å². The number of rotatable bonds is 5. The Morgan fingerprint density at radius 1 is 1.44 bits per heavy atom. The summed E-state index contributed by atoms with van der Waals surface area (Å²) in [4.78, 5) is 8.10. The van der Waals surface area contributed by atoms with Crippen molar-refractivity contribution in [2.45, 2.75) is 23.3 Å². The number of nitrogens with zero attached hydrogens (tertiary/aromatic N) is 2. The van der Waals surface area contributed by atoms with Gasteiger partial charge in [-0.2, -0.15) is 11.8 Å². The molecule has 2 heterocycles. The number of aliphatic imine (C=N–C) groups is 1. The highest BCUT2D eigenvalue weighted by Gasteiger charge is 2.33. The van der Waals surface area contributed by atoms with Crippen molar-refractivity contribution in [3.8, 4) is 0 Å². The van der Waals surface area contributed by atoms with Crippen LogP contribution in [0.15, 0.2) is 40.2 Å². The Hall–Kier alpha value is -0.120. The van der Waals surface area contributed by atoms with Crippen LogP contribution in [0.25, 0.3) is 0 Å². The minimum Gasteiger partial charge on any atom is -0.387 e. The number of aliphatic hydroxyl groups is 1. The van der Waals surface area contributed by atoms with E-state index in [0.717, 1.165) is 42.7 Å². The lowest BCUT2D eigenvalue weighted by molar-refractivity contribution is 0.0718. The van der Waals surface area contributed by atoms with Crippen molar-refractivity contribution < 1.29 is 5.11 Å². The van der Waals surface area contributed by atoms with Gasteiger partial charge in [0.25, 0.3) is 0 Å². The quantitative estimate of drug-likeness (QED) is 0.286. The number of nitrogens with one attached hydrogen (secondary N) is 1. The number of guanidine groups is 1. The zero-order valence-electron chi connectivity index (χ0n) is 14.7. The van der Waals surface area contributed by atoms with E-state index >= 15 is 0 Å². The largest absolute Gasteiger partial charge is 0.387 e. The highest BCUT2D eigenvalue weighted by Crippen LogP contribution is 2.28. The molecular weight excluding hydrogens is 465 g/mol. The van der Waals surface area contributed by atoms with Gasteiger partial charge in [-0.1, -0.05) is 18.2 Å². The summed E-state index contributed by atoms with van der Waals surface area (Å²) in [5.74, 6) is 4.66. The van der Waals surface area contributed by atoms with Gasteiger partial charge < -0.3 is 15.3 Å². The average molecular weight is 493 g/mol. The number of hydrogen-bond donors (Lipinski definition) is 2. The number of hydrogen-bond acceptors (Lipinski definition) is 4. The number of halogens is 1. The molecule has 2 unspecified atom stereocenters. The number of likely N-dealkylation sites (tertiary alicyclic amines) is 1. The lowest BCUT2D eigenvalue weighted by Gasteiger charge is -2.27. The normalized spacial score (nSPS) is 26.6. The van der Waals surface area contributed by atoms with E-state index in [0.29, 0.717) is 12.5 Å². The van der Waals surface area contributed by atoms with E-state index in [1.807, 2.05) is 30.6 Å². The molecule has 140 valence electrons. The maximum atomic E-state index is 10.5. The molecule has 0 radical (unpaired) electrons. The summed E-state index contributed by atoms with van der Waals surface area (Å²) in [6, 6.07) is 10.6. The van der Waals surface area contributed by atoms with Gasteiger partial charge in [0.05, 0.1) is 5.60 Å². The maximum absolute atomic E-state index is 10.5. The van der Waals surface area contributed by atoms with E-state index < -0.39 is 5.60 Å². The van der Waals surface area contributed by atoms with Crippen molar-refractivity contribution in [1.29, 1.82) is 0 Å². The Bertz CT molecular complexity index is 553. The molecule has 25 heavy (non-hydrogen) atoms. The third-order valence-corrected chi connectivity index (χ3v) is 7.16. The fraction of sp³-hybridized carbons (Fsp3) is 0.611. The number of benzene rings is 1. The molecule has 2 atom stereocenters. The molecule has 0 aliphatic carbocycles. The van der Waals surface area contributed by atoms with Gasteiger partial charge in [-0.3, -0.25) is 4.99 Å². The Balaban J connectivity index is 0.00000225. The highest BCUT2D eigenvalue weighted by molar-refractivity contribution is 14.0. The lowest BCUT2D eigenvalue weighted by atomic mass is 10.0. The smallest absolute Gasteiger partial charge is 0.193 e. The van der Waals surface area contributed by atoms with Gasteiger partial charge in [-0.15, -0.1) is 35.7 Å². The van der Waals surface area contributed by atoms with Crippen molar-refractivity contribution in [3.05, 3.63) is 30.3 Å². The molecule has 3 rings (SSSR count). The third-order valence-electron chi connectivity index (χ3n) is 4.68. The maximum Gasteiger partial charge on any atom is 0.193 e. The van der Waals surface area contributed by atoms with Crippen molar-refractivity contribution in [3.63, 3.8) is 0 Å². The first kappa shape index (κ1) is 21.2. The van der Waals surface area contributed by atoms with Gasteiger partial charge in [0.1, 0.15) is 0 Å². The molecule has 0 bridgehead atoms. The van der Waals surface area contributed by atoms with Crippen molar-refractivity contribution in [1.82, 2.24) is 10.2 Å². The number of thioether (sulfide) groups is 2. The molecule has 0 amide bonds. The van der Waals surface area contributed by atoms with Crippen LogP contribution in [0.3, 0.4) is 0 Å². The molecule has 2 aliphatic rings. The van der Waals surface area contributed by atoms with Crippen LogP contribution in [0.2, 0.25) is 0 Å². The van der Waals surface area contributed by atoms with Crippen molar-refractivity contribution in [2.75, 3.05) is 43.9 Å². The Morgan fingerprint density at radius 2 is 2.24 bits per heavy atom. The van der Waals surface area contributed by atoms with E-state index in [-0.39, 0.29) is 24.0 Å². The molecule has 2 fully saturated rings. The van der Waals surface area contributed by atoms with Crippen molar-refractivity contribution >= 4 is 53.5 Å². The minimum absolute atomic E-state index is 0. The fourth-order valence-electron chi connectivity index (χ4n) is 3.20. The molecule has 1 aromatic rings. The second kappa shape index (κ2) is 10.3. The van der Waals surface area contributed by atoms with Gasteiger partial charge in [-0.25, -0.2) is 0 Å². The Kier molecular flexibility index (Phi) is 8.71. The molecule has 0 aromatic heterocycles. The summed E-state index contributed by atoms with van der Waals surface area (Å²) in [6.45, 7) is 2.70. The fourth-order valence-corrected chi connectivity index (χ4v) is 5.55. The molecular formula is C18H28IN3OS2. The monoisotopic (exact) mass is 493 g/mol. The predicted octanol–water partition coefficient (Wildman–Crippen LogP) is 3.16. The van der Waals surface area contributed by atoms with Crippen LogP contribution < -0.4 is 5.32 Å². The van der Waals surface area contributed by atoms with E-state index in [9.17, 15) is 5.11 Å². The van der Waals surface area contributed by atoms with Gasteiger partial charge in [0.2, 0.25) is 0 Å². The Morgan fingerprint density at radius 3 is 2.92 bits per heavy atom. The predicted molar refractivity (Wildman–Crippen MR) is 121 cm³/mol. The van der Waals surface area contributed by atoms with Crippen LogP contribution in [0.4, 0.5) is 0 Å². The molecule has 2 saturated heterocycles. The average Bonchev–Trinajstić information content (AvgIpc) is 3.24. The van der Waals surface area contributed by atoms with E-state index in [1.165, 1.54) is 11.3 Å². The van der Waals surface area contributed by atoms with Crippen LogP contribution in [0.5, 0.6) is 0 Å². The molecule has 4 nitrogen and oxygen atoms in total. The zero-order valence-corrected chi connectivity index (χ0v) is 18.7. The molecule has 1 aromatic carbocycles. The van der Waals surface area contributed by atoms with E-state index in [1.54, 1.807) is 0 Å². The SMILES string of the molecule is CN=C(NCC1(O)CCSC1)N1CCC(CSc2ccccc2)C1.I.